The van der Waals surface area contributed by atoms with Crippen molar-refractivity contribution in [1.82, 2.24) is 4.90 Å². The average Bonchev–Trinajstić information content (AvgIpc) is 2.43. The Bertz CT molecular complexity index is 143. The summed E-state index contributed by atoms with van der Waals surface area (Å²) >= 11 is 3.61. The number of ether oxygens (including phenoxy) is 1. The highest BCUT2D eigenvalue weighted by atomic mass is 79.9. The fraction of sp³-hybridized carbons (Fsp3) is 1.00. The number of rotatable bonds is 5. The van der Waals surface area contributed by atoms with Crippen LogP contribution in [-0.4, -0.2) is 42.6 Å². The highest BCUT2D eigenvalue weighted by Crippen LogP contribution is 2.17. The van der Waals surface area contributed by atoms with Crippen LogP contribution >= 0.6 is 15.9 Å². The summed E-state index contributed by atoms with van der Waals surface area (Å²) in [4.78, 5) is 2.58. The van der Waals surface area contributed by atoms with E-state index in [1.54, 1.807) is 0 Å². The molecule has 0 aliphatic carbocycles. The largest absolute Gasteiger partial charge is 0.380 e. The van der Waals surface area contributed by atoms with Crippen LogP contribution in [0, 0.1) is 0 Å². The summed E-state index contributed by atoms with van der Waals surface area (Å²) in [7, 11) is 0. The van der Waals surface area contributed by atoms with Crippen LogP contribution in [0.25, 0.3) is 0 Å². The van der Waals surface area contributed by atoms with Gasteiger partial charge in [0, 0.05) is 24.5 Å². The first kappa shape index (κ1) is 12.5. The summed E-state index contributed by atoms with van der Waals surface area (Å²) in [6.45, 7) is 6.14. The molecule has 0 aromatic heterocycles. The van der Waals surface area contributed by atoms with Crippen LogP contribution in [0.2, 0.25) is 0 Å². The summed E-state index contributed by atoms with van der Waals surface area (Å²) in [5.74, 6) is 0. The van der Waals surface area contributed by atoms with Crippen molar-refractivity contribution >= 4 is 15.9 Å². The van der Waals surface area contributed by atoms with Crippen LogP contribution in [0.5, 0.6) is 0 Å². The molecule has 1 rings (SSSR count). The maximum atomic E-state index is 5.41. The van der Waals surface area contributed by atoms with Crippen molar-refractivity contribution in [3.8, 4) is 0 Å². The van der Waals surface area contributed by atoms with Gasteiger partial charge in [-0.3, -0.25) is 4.90 Å². The Morgan fingerprint density at radius 1 is 1.36 bits per heavy atom. The molecule has 1 fully saturated rings. The highest BCUT2D eigenvalue weighted by Gasteiger charge is 2.19. The van der Waals surface area contributed by atoms with Crippen molar-refractivity contribution in [2.45, 2.75) is 38.6 Å². The van der Waals surface area contributed by atoms with Crippen LogP contribution in [0.1, 0.15) is 32.6 Å². The molecular weight excluding hydrogens is 242 g/mol. The fourth-order valence-corrected chi connectivity index (χ4v) is 2.77. The van der Waals surface area contributed by atoms with Crippen LogP contribution < -0.4 is 0 Å². The van der Waals surface area contributed by atoms with Crippen molar-refractivity contribution < 1.29 is 4.74 Å². The van der Waals surface area contributed by atoms with Crippen molar-refractivity contribution in [2.75, 3.05) is 31.6 Å². The summed E-state index contributed by atoms with van der Waals surface area (Å²) in [6, 6.07) is 0.734. The molecule has 0 radical (unpaired) electrons. The number of hydrogen-bond donors (Lipinski definition) is 0. The Kier molecular flexibility index (Phi) is 6.82. The SMILES string of the molecule is CCOCCN1CCCCCC1CBr. The third-order valence-corrected chi connectivity index (χ3v) is 3.65. The van der Waals surface area contributed by atoms with E-state index in [1.165, 1.54) is 32.2 Å². The first-order chi connectivity index (χ1) is 6.88. The molecule has 1 heterocycles. The zero-order chi connectivity index (χ0) is 10.2. The second kappa shape index (κ2) is 7.66. The monoisotopic (exact) mass is 263 g/mol. The van der Waals surface area contributed by atoms with Crippen LogP contribution in [0.15, 0.2) is 0 Å². The average molecular weight is 264 g/mol. The van der Waals surface area contributed by atoms with Crippen molar-refractivity contribution in [1.29, 1.82) is 0 Å². The molecule has 1 unspecified atom stereocenters. The number of likely N-dealkylation sites (tertiary alicyclic amines) is 1. The van der Waals surface area contributed by atoms with Gasteiger partial charge in [0.2, 0.25) is 0 Å². The summed E-state index contributed by atoms with van der Waals surface area (Å²) in [5, 5.41) is 1.11. The van der Waals surface area contributed by atoms with Gasteiger partial charge in [-0.15, -0.1) is 0 Å². The summed E-state index contributed by atoms with van der Waals surface area (Å²) in [5.41, 5.74) is 0. The van der Waals surface area contributed by atoms with E-state index in [0.29, 0.717) is 0 Å². The predicted molar refractivity (Wildman–Crippen MR) is 64.1 cm³/mol. The maximum absolute atomic E-state index is 5.41. The Morgan fingerprint density at radius 2 is 2.21 bits per heavy atom. The second-order valence-electron chi connectivity index (χ2n) is 3.89. The lowest BCUT2D eigenvalue weighted by Gasteiger charge is -2.28. The van der Waals surface area contributed by atoms with E-state index >= 15 is 0 Å². The molecule has 1 atom stereocenters. The topological polar surface area (TPSA) is 12.5 Å². The molecular formula is C11H22BrNO. The van der Waals surface area contributed by atoms with Crippen molar-refractivity contribution in [3.63, 3.8) is 0 Å². The zero-order valence-corrected chi connectivity index (χ0v) is 10.8. The molecule has 14 heavy (non-hydrogen) atoms. The minimum Gasteiger partial charge on any atom is -0.380 e. The smallest absolute Gasteiger partial charge is 0.0593 e. The Morgan fingerprint density at radius 3 is 2.93 bits per heavy atom. The third-order valence-electron chi connectivity index (χ3n) is 2.90. The van der Waals surface area contributed by atoms with Crippen LogP contribution in [-0.2, 0) is 4.74 Å². The molecule has 1 aliphatic heterocycles. The molecule has 0 spiro atoms. The van der Waals surface area contributed by atoms with E-state index < -0.39 is 0 Å². The number of halogens is 1. The molecule has 84 valence electrons. The van der Waals surface area contributed by atoms with E-state index in [2.05, 4.69) is 27.8 Å². The maximum Gasteiger partial charge on any atom is 0.0593 e. The Hall–Kier alpha value is 0.400. The molecule has 3 heteroatoms. The molecule has 0 aromatic rings. The van der Waals surface area contributed by atoms with Gasteiger partial charge in [0.05, 0.1) is 6.61 Å². The molecule has 0 saturated carbocycles. The molecule has 1 saturated heterocycles. The van der Waals surface area contributed by atoms with Gasteiger partial charge < -0.3 is 4.74 Å². The molecule has 1 aliphatic rings. The summed E-state index contributed by atoms with van der Waals surface area (Å²) in [6.07, 6.45) is 5.49. The van der Waals surface area contributed by atoms with Gasteiger partial charge in [0.25, 0.3) is 0 Å². The predicted octanol–water partition coefficient (Wildman–Crippen LogP) is 2.66. The number of alkyl halides is 1. The lowest BCUT2D eigenvalue weighted by molar-refractivity contribution is 0.1000. The highest BCUT2D eigenvalue weighted by molar-refractivity contribution is 9.09. The lowest BCUT2D eigenvalue weighted by Crippen LogP contribution is -2.38. The summed E-state index contributed by atoms with van der Waals surface area (Å²) < 4.78 is 5.41. The normalized spacial score (nSPS) is 24.9. The quantitative estimate of drug-likeness (QED) is 0.559. The molecule has 2 nitrogen and oxygen atoms in total. The van der Waals surface area contributed by atoms with Gasteiger partial charge in [0.15, 0.2) is 0 Å². The standard InChI is InChI=1S/C11H22BrNO/c1-2-14-9-8-13-7-5-3-4-6-11(13)10-12/h11H,2-10H2,1H3. The van der Waals surface area contributed by atoms with E-state index in [-0.39, 0.29) is 0 Å². The fourth-order valence-electron chi connectivity index (χ4n) is 2.03. The Balaban J connectivity index is 2.28. The number of hydrogen-bond acceptors (Lipinski definition) is 2. The van der Waals surface area contributed by atoms with E-state index in [0.717, 1.165) is 31.1 Å². The van der Waals surface area contributed by atoms with Crippen LogP contribution in [0.3, 0.4) is 0 Å². The van der Waals surface area contributed by atoms with Gasteiger partial charge in [0.1, 0.15) is 0 Å². The molecule has 0 bridgehead atoms. The minimum absolute atomic E-state index is 0.734. The zero-order valence-electron chi connectivity index (χ0n) is 9.17. The molecule has 0 N–H and O–H groups in total. The third kappa shape index (κ3) is 4.28. The van der Waals surface area contributed by atoms with Gasteiger partial charge in [-0.1, -0.05) is 28.8 Å². The first-order valence-corrected chi connectivity index (χ1v) is 6.88. The Labute approximate surface area is 96.1 Å². The lowest BCUT2D eigenvalue weighted by atomic mass is 10.1. The van der Waals surface area contributed by atoms with Gasteiger partial charge in [-0.05, 0) is 26.3 Å². The van der Waals surface area contributed by atoms with Crippen molar-refractivity contribution in [3.05, 3.63) is 0 Å². The number of nitrogens with zero attached hydrogens (tertiary/aromatic N) is 1. The van der Waals surface area contributed by atoms with E-state index in [9.17, 15) is 0 Å². The van der Waals surface area contributed by atoms with E-state index in [4.69, 9.17) is 4.74 Å². The molecule has 0 amide bonds. The van der Waals surface area contributed by atoms with Gasteiger partial charge in [-0.25, -0.2) is 0 Å². The van der Waals surface area contributed by atoms with Gasteiger partial charge >= 0.3 is 0 Å². The first-order valence-electron chi connectivity index (χ1n) is 5.76. The van der Waals surface area contributed by atoms with Gasteiger partial charge in [-0.2, -0.15) is 0 Å². The molecule has 0 aromatic carbocycles. The van der Waals surface area contributed by atoms with Crippen molar-refractivity contribution in [2.24, 2.45) is 0 Å². The minimum atomic E-state index is 0.734. The second-order valence-corrected chi connectivity index (χ2v) is 4.54. The van der Waals surface area contributed by atoms with Crippen LogP contribution in [0.4, 0.5) is 0 Å². The van der Waals surface area contributed by atoms with E-state index in [1.807, 2.05) is 0 Å².